The summed E-state index contributed by atoms with van der Waals surface area (Å²) < 4.78 is 10.9. The summed E-state index contributed by atoms with van der Waals surface area (Å²) >= 11 is 0. The molecule has 3 nitrogen and oxygen atoms in total. The summed E-state index contributed by atoms with van der Waals surface area (Å²) in [7, 11) is 1.73. The summed E-state index contributed by atoms with van der Waals surface area (Å²) in [6.07, 6.45) is 3.73. The summed E-state index contributed by atoms with van der Waals surface area (Å²) in [6, 6.07) is 11.0. The first-order valence-corrected chi connectivity index (χ1v) is 7.53. The average Bonchev–Trinajstić information content (AvgIpc) is 2.98. The van der Waals surface area contributed by atoms with Crippen LogP contribution in [0.1, 0.15) is 43.2 Å². The first-order valence-electron chi connectivity index (χ1n) is 7.53. The fourth-order valence-corrected chi connectivity index (χ4v) is 2.59. The molecule has 0 aliphatic heterocycles. The Labute approximate surface area is 127 Å². The standard InChI is InChI=1S/C18H25NO2/c1-13-7-10-17(18(12-13)20-4)15(3)19-14(2)8-9-16-6-5-11-21-16/h5-7,10-12,14-15,19H,8-9H2,1-4H3. The lowest BCUT2D eigenvalue weighted by Gasteiger charge is -2.22. The van der Waals surface area contributed by atoms with Gasteiger partial charge in [-0.3, -0.25) is 0 Å². The zero-order valence-corrected chi connectivity index (χ0v) is 13.3. The molecule has 1 aromatic heterocycles. The largest absolute Gasteiger partial charge is 0.496 e. The van der Waals surface area contributed by atoms with Gasteiger partial charge in [0.2, 0.25) is 0 Å². The van der Waals surface area contributed by atoms with Gasteiger partial charge in [-0.25, -0.2) is 0 Å². The molecule has 3 heteroatoms. The molecule has 0 radical (unpaired) electrons. The van der Waals surface area contributed by atoms with Crippen LogP contribution >= 0.6 is 0 Å². The number of hydrogen-bond donors (Lipinski definition) is 1. The predicted molar refractivity (Wildman–Crippen MR) is 85.8 cm³/mol. The van der Waals surface area contributed by atoms with Crippen molar-refractivity contribution in [3.8, 4) is 5.75 Å². The van der Waals surface area contributed by atoms with E-state index in [1.165, 1.54) is 11.1 Å². The van der Waals surface area contributed by atoms with E-state index in [9.17, 15) is 0 Å². The maximum absolute atomic E-state index is 5.49. The fourth-order valence-electron chi connectivity index (χ4n) is 2.59. The van der Waals surface area contributed by atoms with Crippen LogP contribution in [0.5, 0.6) is 5.75 Å². The van der Waals surface area contributed by atoms with Crippen LogP contribution in [0.3, 0.4) is 0 Å². The van der Waals surface area contributed by atoms with Crippen LogP contribution in [-0.2, 0) is 6.42 Å². The van der Waals surface area contributed by atoms with E-state index >= 15 is 0 Å². The van der Waals surface area contributed by atoms with Gasteiger partial charge in [0.25, 0.3) is 0 Å². The number of nitrogens with one attached hydrogen (secondary N) is 1. The van der Waals surface area contributed by atoms with Gasteiger partial charge in [0.15, 0.2) is 0 Å². The molecule has 0 amide bonds. The molecule has 0 aliphatic carbocycles. The zero-order valence-electron chi connectivity index (χ0n) is 13.3. The SMILES string of the molecule is COc1cc(C)ccc1C(C)NC(C)CCc1ccco1. The van der Waals surface area contributed by atoms with Crippen LogP contribution in [0.2, 0.25) is 0 Å². The van der Waals surface area contributed by atoms with E-state index < -0.39 is 0 Å². The summed E-state index contributed by atoms with van der Waals surface area (Å²) in [6.45, 7) is 6.47. The van der Waals surface area contributed by atoms with Gasteiger partial charge in [0.1, 0.15) is 11.5 Å². The van der Waals surface area contributed by atoms with E-state index in [-0.39, 0.29) is 6.04 Å². The van der Waals surface area contributed by atoms with Crippen molar-refractivity contribution >= 4 is 0 Å². The van der Waals surface area contributed by atoms with E-state index in [1.54, 1.807) is 13.4 Å². The average molecular weight is 287 g/mol. The summed E-state index contributed by atoms with van der Waals surface area (Å²) in [5.41, 5.74) is 2.42. The third-order valence-corrected chi connectivity index (χ3v) is 3.79. The lowest BCUT2D eigenvalue weighted by atomic mass is 10.0. The van der Waals surface area contributed by atoms with Crippen LogP contribution in [0.25, 0.3) is 0 Å². The monoisotopic (exact) mass is 287 g/mol. The Morgan fingerprint density at radius 2 is 2.05 bits per heavy atom. The molecular formula is C18H25NO2. The molecule has 21 heavy (non-hydrogen) atoms. The van der Waals surface area contributed by atoms with Gasteiger partial charge in [0, 0.05) is 24.1 Å². The van der Waals surface area contributed by atoms with Gasteiger partial charge in [-0.15, -0.1) is 0 Å². The fraction of sp³-hybridized carbons (Fsp3) is 0.444. The highest BCUT2D eigenvalue weighted by molar-refractivity contribution is 5.39. The molecular weight excluding hydrogens is 262 g/mol. The Morgan fingerprint density at radius 3 is 2.71 bits per heavy atom. The lowest BCUT2D eigenvalue weighted by molar-refractivity contribution is 0.389. The van der Waals surface area contributed by atoms with E-state index in [0.29, 0.717) is 6.04 Å². The van der Waals surface area contributed by atoms with Gasteiger partial charge in [0.05, 0.1) is 13.4 Å². The molecule has 0 fully saturated rings. The number of furan rings is 1. The molecule has 2 aromatic rings. The molecule has 0 bridgehead atoms. The minimum Gasteiger partial charge on any atom is -0.496 e. The van der Waals surface area contributed by atoms with Crippen molar-refractivity contribution in [1.82, 2.24) is 5.32 Å². The quantitative estimate of drug-likeness (QED) is 0.826. The van der Waals surface area contributed by atoms with E-state index in [2.05, 4.69) is 44.3 Å². The molecule has 0 saturated carbocycles. The summed E-state index contributed by atoms with van der Waals surface area (Å²) in [5, 5.41) is 3.63. The Bertz CT molecular complexity index is 548. The Morgan fingerprint density at radius 1 is 1.24 bits per heavy atom. The first kappa shape index (κ1) is 15.6. The van der Waals surface area contributed by atoms with E-state index in [1.807, 2.05) is 12.1 Å². The molecule has 1 aromatic carbocycles. The highest BCUT2D eigenvalue weighted by Gasteiger charge is 2.14. The van der Waals surface area contributed by atoms with Crippen LogP contribution in [-0.4, -0.2) is 13.2 Å². The van der Waals surface area contributed by atoms with Crippen LogP contribution < -0.4 is 10.1 Å². The van der Waals surface area contributed by atoms with Crippen molar-refractivity contribution < 1.29 is 9.15 Å². The Balaban J connectivity index is 1.92. The smallest absolute Gasteiger partial charge is 0.123 e. The second-order valence-electron chi connectivity index (χ2n) is 5.65. The summed E-state index contributed by atoms with van der Waals surface area (Å²) in [5.74, 6) is 2.00. The number of methoxy groups -OCH3 is 1. The molecule has 1 heterocycles. The van der Waals surface area contributed by atoms with Gasteiger partial charge < -0.3 is 14.5 Å². The van der Waals surface area contributed by atoms with Crippen molar-refractivity contribution in [1.29, 1.82) is 0 Å². The van der Waals surface area contributed by atoms with Gasteiger partial charge in [-0.05, 0) is 51.0 Å². The molecule has 0 spiro atoms. The van der Waals surface area contributed by atoms with E-state index in [4.69, 9.17) is 9.15 Å². The molecule has 2 atom stereocenters. The second kappa shape index (κ2) is 7.32. The topological polar surface area (TPSA) is 34.4 Å². The van der Waals surface area contributed by atoms with E-state index in [0.717, 1.165) is 24.4 Å². The van der Waals surface area contributed by atoms with Crippen molar-refractivity contribution in [2.45, 2.75) is 45.7 Å². The van der Waals surface area contributed by atoms with Gasteiger partial charge in [-0.2, -0.15) is 0 Å². The second-order valence-corrected chi connectivity index (χ2v) is 5.65. The van der Waals surface area contributed by atoms with Crippen LogP contribution in [0.15, 0.2) is 41.0 Å². The Hall–Kier alpha value is -1.74. The van der Waals surface area contributed by atoms with Gasteiger partial charge >= 0.3 is 0 Å². The van der Waals surface area contributed by atoms with Crippen LogP contribution in [0.4, 0.5) is 0 Å². The molecule has 114 valence electrons. The number of aryl methyl sites for hydroxylation is 2. The van der Waals surface area contributed by atoms with Crippen molar-refractivity contribution in [2.75, 3.05) is 7.11 Å². The summed E-state index contributed by atoms with van der Waals surface area (Å²) in [4.78, 5) is 0. The molecule has 1 N–H and O–H groups in total. The maximum atomic E-state index is 5.49. The van der Waals surface area contributed by atoms with Crippen molar-refractivity contribution in [3.63, 3.8) is 0 Å². The van der Waals surface area contributed by atoms with Crippen molar-refractivity contribution in [2.24, 2.45) is 0 Å². The normalized spacial score (nSPS) is 13.9. The number of hydrogen-bond acceptors (Lipinski definition) is 3. The highest BCUT2D eigenvalue weighted by atomic mass is 16.5. The number of ether oxygens (including phenoxy) is 1. The van der Waals surface area contributed by atoms with Crippen LogP contribution in [0, 0.1) is 6.92 Å². The minimum absolute atomic E-state index is 0.257. The van der Waals surface area contributed by atoms with Crippen molar-refractivity contribution in [3.05, 3.63) is 53.5 Å². The minimum atomic E-state index is 0.257. The maximum Gasteiger partial charge on any atom is 0.123 e. The highest BCUT2D eigenvalue weighted by Crippen LogP contribution is 2.26. The number of benzene rings is 1. The molecule has 0 saturated heterocycles. The third kappa shape index (κ3) is 4.36. The zero-order chi connectivity index (χ0) is 15.2. The molecule has 2 unspecified atom stereocenters. The third-order valence-electron chi connectivity index (χ3n) is 3.79. The predicted octanol–water partition coefficient (Wildman–Crippen LogP) is 4.27. The lowest BCUT2D eigenvalue weighted by Crippen LogP contribution is -2.29. The van der Waals surface area contributed by atoms with Gasteiger partial charge in [-0.1, -0.05) is 12.1 Å². The Kier molecular flexibility index (Phi) is 5.45. The molecule has 0 aliphatic rings. The number of rotatable bonds is 7. The first-order chi connectivity index (χ1) is 10.1. The molecule has 2 rings (SSSR count).